The van der Waals surface area contributed by atoms with Crippen LogP contribution >= 0.6 is 0 Å². The summed E-state index contributed by atoms with van der Waals surface area (Å²) in [7, 11) is 0. The fraction of sp³-hybridized carbons (Fsp3) is 0.250. The van der Waals surface area contributed by atoms with Gasteiger partial charge in [0.1, 0.15) is 18.1 Å². The Morgan fingerprint density at radius 3 is 2.00 bits per heavy atom. The van der Waals surface area contributed by atoms with E-state index in [9.17, 15) is 14.4 Å². The lowest BCUT2D eigenvalue weighted by Crippen LogP contribution is -2.34. The first-order valence-electron chi connectivity index (χ1n) is 11.7. The van der Waals surface area contributed by atoms with Gasteiger partial charge in [0.2, 0.25) is 5.91 Å². The van der Waals surface area contributed by atoms with Gasteiger partial charge < -0.3 is 14.8 Å². The van der Waals surface area contributed by atoms with Crippen LogP contribution in [0.25, 0.3) is 0 Å². The molecular weight excluding hydrogens is 444 g/mol. The molecule has 4 rings (SSSR count). The van der Waals surface area contributed by atoms with Crippen LogP contribution in [0.1, 0.15) is 45.5 Å². The van der Waals surface area contributed by atoms with Crippen molar-refractivity contribution in [2.45, 2.75) is 25.9 Å². The number of fused-ring (bicyclic) bond motifs is 1. The molecule has 0 fully saturated rings. The predicted molar refractivity (Wildman–Crippen MR) is 131 cm³/mol. The molecule has 0 radical (unpaired) electrons. The number of ether oxygens (including phenoxy) is 2. The highest BCUT2D eigenvalue weighted by Gasteiger charge is 2.34. The molecule has 0 saturated carbocycles. The Morgan fingerprint density at radius 1 is 0.743 bits per heavy atom. The molecule has 0 spiro atoms. The molecule has 180 valence electrons. The monoisotopic (exact) mass is 472 g/mol. The molecule has 1 heterocycles. The molecule has 0 aromatic heterocycles. The molecule has 3 aromatic carbocycles. The maximum absolute atomic E-state index is 12.3. The number of carbonyl (C=O) groups is 3. The van der Waals surface area contributed by atoms with Crippen molar-refractivity contribution in [3.63, 3.8) is 0 Å². The summed E-state index contributed by atoms with van der Waals surface area (Å²) in [4.78, 5) is 37.9. The Balaban J connectivity index is 1.07. The molecule has 0 unspecified atom stereocenters. The zero-order valence-electron chi connectivity index (χ0n) is 19.4. The van der Waals surface area contributed by atoms with Gasteiger partial charge in [-0.2, -0.15) is 0 Å². The van der Waals surface area contributed by atoms with Crippen LogP contribution in [0.4, 0.5) is 0 Å². The quantitative estimate of drug-likeness (QED) is 0.315. The molecule has 3 aromatic rings. The van der Waals surface area contributed by atoms with Crippen molar-refractivity contribution in [3.8, 4) is 11.5 Å². The number of amides is 3. The number of hydrogen-bond donors (Lipinski definition) is 1. The second-order valence-corrected chi connectivity index (χ2v) is 8.21. The van der Waals surface area contributed by atoms with E-state index in [2.05, 4.69) is 5.32 Å². The van der Waals surface area contributed by atoms with E-state index < -0.39 is 0 Å². The van der Waals surface area contributed by atoms with Crippen LogP contribution in [0.15, 0.2) is 78.9 Å². The van der Waals surface area contributed by atoms with Gasteiger partial charge in [0, 0.05) is 19.5 Å². The van der Waals surface area contributed by atoms with E-state index in [1.807, 2.05) is 54.6 Å². The van der Waals surface area contributed by atoms with Gasteiger partial charge in [0.15, 0.2) is 0 Å². The molecule has 35 heavy (non-hydrogen) atoms. The van der Waals surface area contributed by atoms with E-state index in [0.717, 1.165) is 34.8 Å². The van der Waals surface area contributed by atoms with Gasteiger partial charge >= 0.3 is 0 Å². The number of rotatable bonds is 12. The molecule has 0 saturated heterocycles. The number of unbranched alkanes of at least 4 members (excludes halogenated alkanes) is 1. The maximum Gasteiger partial charge on any atom is 0.261 e. The second-order valence-electron chi connectivity index (χ2n) is 8.21. The molecule has 3 amide bonds. The number of nitrogens with zero attached hydrogens (tertiary/aromatic N) is 1. The summed E-state index contributed by atoms with van der Waals surface area (Å²) in [6.07, 6.45) is 1.63. The highest BCUT2D eigenvalue weighted by Crippen LogP contribution is 2.22. The fourth-order valence-corrected chi connectivity index (χ4v) is 3.76. The molecule has 1 N–H and O–H groups in total. The fourth-order valence-electron chi connectivity index (χ4n) is 3.76. The van der Waals surface area contributed by atoms with Crippen molar-refractivity contribution in [1.82, 2.24) is 10.2 Å². The van der Waals surface area contributed by atoms with Crippen LogP contribution < -0.4 is 14.8 Å². The first-order valence-corrected chi connectivity index (χ1v) is 11.7. The van der Waals surface area contributed by atoms with E-state index >= 15 is 0 Å². The van der Waals surface area contributed by atoms with Crippen LogP contribution in [0.2, 0.25) is 0 Å². The molecule has 7 nitrogen and oxygen atoms in total. The standard InChI is InChI=1S/C28H28N2O5/c31-26(16-18-30-27(32)24-10-4-5-11-25(24)28(30)33)29-17-6-7-19-34-22-12-14-23(15-13-22)35-20-21-8-2-1-3-9-21/h1-5,8-15H,6-7,16-20H2,(H,29,31). The lowest BCUT2D eigenvalue weighted by atomic mass is 10.1. The third-order valence-electron chi connectivity index (χ3n) is 5.67. The van der Waals surface area contributed by atoms with Gasteiger partial charge in [-0.3, -0.25) is 19.3 Å². The van der Waals surface area contributed by atoms with E-state index in [0.29, 0.717) is 30.9 Å². The lowest BCUT2D eigenvalue weighted by Gasteiger charge is -2.13. The number of hydrogen-bond acceptors (Lipinski definition) is 5. The Labute approximate surface area is 204 Å². The second kappa shape index (κ2) is 11.8. The smallest absolute Gasteiger partial charge is 0.261 e. The molecule has 0 aliphatic carbocycles. The van der Waals surface area contributed by atoms with E-state index in [1.165, 1.54) is 0 Å². The Hall–Kier alpha value is -4.13. The average molecular weight is 473 g/mol. The topological polar surface area (TPSA) is 84.9 Å². The first-order chi connectivity index (χ1) is 17.1. The zero-order valence-corrected chi connectivity index (χ0v) is 19.4. The van der Waals surface area contributed by atoms with Gasteiger partial charge in [-0.15, -0.1) is 0 Å². The van der Waals surface area contributed by atoms with E-state index in [-0.39, 0.29) is 30.7 Å². The number of benzene rings is 3. The van der Waals surface area contributed by atoms with Crippen molar-refractivity contribution in [1.29, 1.82) is 0 Å². The number of imide groups is 1. The van der Waals surface area contributed by atoms with Gasteiger partial charge in [0.25, 0.3) is 11.8 Å². The summed E-state index contributed by atoms with van der Waals surface area (Å²) >= 11 is 0. The Kier molecular flexibility index (Phi) is 8.12. The van der Waals surface area contributed by atoms with Gasteiger partial charge in [-0.1, -0.05) is 42.5 Å². The lowest BCUT2D eigenvalue weighted by molar-refractivity contribution is -0.121. The zero-order chi connectivity index (χ0) is 24.5. The molecule has 7 heteroatoms. The van der Waals surface area contributed by atoms with E-state index in [4.69, 9.17) is 9.47 Å². The molecule has 1 aliphatic rings. The number of carbonyl (C=O) groups excluding carboxylic acids is 3. The highest BCUT2D eigenvalue weighted by atomic mass is 16.5. The molecule has 0 atom stereocenters. The minimum absolute atomic E-state index is 0.0757. The normalized spacial score (nSPS) is 12.4. The minimum atomic E-state index is -0.341. The van der Waals surface area contributed by atoms with Crippen LogP contribution in [-0.2, 0) is 11.4 Å². The van der Waals surface area contributed by atoms with E-state index in [1.54, 1.807) is 24.3 Å². The number of nitrogens with one attached hydrogen (secondary N) is 1. The third kappa shape index (κ3) is 6.47. The van der Waals surface area contributed by atoms with Crippen molar-refractivity contribution >= 4 is 17.7 Å². The van der Waals surface area contributed by atoms with Crippen LogP contribution in [0, 0.1) is 0 Å². The molecule has 1 aliphatic heterocycles. The Bertz CT molecular complexity index is 1130. The minimum Gasteiger partial charge on any atom is -0.494 e. The van der Waals surface area contributed by atoms with Crippen molar-refractivity contribution < 1.29 is 23.9 Å². The van der Waals surface area contributed by atoms with Crippen LogP contribution in [0.5, 0.6) is 11.5 Å². The highest BCUT2D eigenvalue weighted by molar-refractivity contribution is 6.21. The van der Waals surface area contributed by atoms with Crippen LogP contribution in [0.3, 0.4) is 0 Å². The molecular formula is C28H28N2O5. The van der Waals surface area contributed by atoms with Crippen LogP contribution in [-0.4, -0.2) is 42.3 Å². The summed E-state index contributed by atoms with van der Waals surface area (Å²) in [5, 5.41) is 2.83. The van der Waals surface area contributed by atoms with Gasteiger partial charge in [-0.05, 0) is 54.8 Å². The molecule has 0 bridgehead atoms. The summed E-state index contributed by atoms with van der Waals surface area (Å²) in [6, 6.07) is 24.2. The summed E-state index contributed by atoms with van der Waals surface area (Å²) in [5.74, 6) is 0.679. The summed E-state index contributed by atoms with van der Waals surface area (Å²) < 4.78 is 11.5. The maximum atomic E-state index is 12.3. The predicted octanol–water partition coefficient (Wildman–Crippen LogP) is 4.23. The summed E-state index contributed by atoms with van der Waals surface area (Å²) in [5.41, 5.74) is 1.91. The first kappa shape index (κ1) is 24.0. The van der Waals surface area contributed by atoms with Crippen molar-refractivity contribution in [2.75, 3.05) is 19.7 Å². The van der Waals surface area contributed by atoms with Crippen molar-refractivity contribution in [2.24, 2.45) is 0 Å². The summed E-state index contributed by atoms with van der Waals surface area (Å²) in [6.45, 7) is 1.64. The SMILES string of the molecule is O=C(CCN1C(=O)c2ccccc2C1=O)NCCCCOc1ccc(OCc2ccccc2)cc1. The van der Waals surface area contributed by atoms with Gasteiger partial charge in [-0.25, -0.2) is 0 Å². The van der Waals surface area contributed by atoms with Gasteiger partial charge in [0.05, 0.1) is 17.7 Å². The Morgan fingerprint density at radius 2 is 1.34 bits per heavy atom. The largest absolute Gasteiger partial charge is 0.494 e. The average Bonchev–Trinajstić information content (AvgIpc) is 3.14. The van der Waals surface area contributed by atoms with Crippen molar-refractivity contribution in [3.05, 3.63) is 95.6 Å². The third-order valence-corrected chi connectivity index (χ3v) is 5.67.